The van der Waals surface area contributed by atoms with Crippen molar-refractivity contribution in [1.82, 2.24) is 15.1 Å². The topological polar surface area (TPSA) is 69.3 Å². The number of H-pyrrole nitrogens is 1. The molecule has 30 heavy (non-hydrogen) atoms. The van der Waals surface area contributed by atoms with Crippen LogP contribution in [0.25, 0.3) is 11.3 Å². The van der Waals surface area contributed by atoms with Crippen molar-refractivity contribution in [2.45, 2.75) is 17.7 Å². The molecule has 0 bridgehead atoms. The molecule has 3 aromatic rings. The van der Waals surface area contributed by atoms with Gasteiger partial charge in [0, 0.05) is 29.7 Å². The van der Waals surface area contributed by atoms with Crippen LogP contribution in [0.3, 0.4) is 0 Å². The van der Waals surface area contributed by atoms with E-state index < -0.39 is 0 Å². The van der Waals surface area contributed by atoms with E-state index in [4.69, 9.17) is 0 Å². The molecule has 1 aromatic heterocycles. The maximum Gasteiger partial charge on any atom is 0.242 e. The predicted octanol–water partition coefficient (Wildman–Crippen LogP) is 3.61. The minimum Gasteiger partial charge on any atom is -0.344 e. The molecule has 0 saturated carbocycles. The van der Waals surface area contributed by atoms with Gasteiger partial charge in [-0.25, -0.2) is 0 Å². The van der Waals surface area contributed by atoms with Gasteiger partial charge in [0.25, 0.3) is 0 Å². The van der Waals surface area contributed by atoms with Crippen LogP contribution in [0.15, 0.2) is 65.6 Å². The molecule has 0 unspecified atom stereocenters. The summed E-state index contributed by atoms with van der Waals surface area (Å²) in [5.74, 6) is 0.295. The normalized spacial score (nSPS) is 13.2. The molecule has 2 amide bonds. The Bertz CT molecular complexity index is 1030. The SMILES string of the molecule is CN(CCCc1cc(-c2ccccc2)n[nH]1)C(=O)CN1C(=O)CSc2ccccc21. The Balaban J connectivity index is 1.30. The zero-order chi connectivity index (χ0) is 20.9. The number of thioether (sulfide) groups is 1. The van der Waals surface area contributed by atoms with Crippen molar-refractivity contribution in [2.75, 3.05) is 30.8 Å². The Kier molecular flexibility index (Phi) is 6.18. The van der Waals surface area contributed by atoms with E-state index in [1.54, 1.807) is 16.8 Å². The van der Waals surface area contributed by atoms with Gasteiger partial charge in [0.05, 0.1) is 17.1 Å². The third kappa shape index (κ3) is 4.57. The van der Waals surface area contributed by atoms with Gasteiger partial charge in [-0.15, -0.1) is 11.8 Å². The Morgan fingerprint density at radius 1 is 1.17 bits per heavy atom. The van der Waals surface area contributed by atoms with E-state index in [9.17, 15) is 9.59 Å². The minimum atomic E-state index is -0.0559. The molecular weight excluding hydrogens is 396 g/mol. The molecule has 0 atom stereocenters. The van der Waals surface area contributed by atoms with Gasteiger partial charge in [-0.2, -0.15) is 5.10 Å². The molecule has 0 spiro atoms. The number of aryl methyl sites for hydroxylation is 1. The van der Waals surface area contributed by atoms with E-state index in [1.807, 2.05) is 54.6 Å². The van der Waals surface area contributed by atoms with Crippen molar-refractivity contribution >= 4 is 29.3 Å². The minimum absolute atomic E-state index is 0.0219. The number of benzene rings is 2. The largest absolute Gasteiger partial charge is 0.344 e. The maximum absolute atomic E-state index is 12.7. The Morgan fingerprint density at radius 2 is 1.93 bits per heavy atom. The number of rotatable bonds is 7. The van der Waals surface area contributed by atoms with Crippen LogP contribution in [0.5, 0.6) is 0 Å². The first-order chi connectivity index (χ1) is 14.6. The number of likely N-dealkylation sites (N-methyl/N-ethyl adjacent to an activating group) is 1. The zero-order valence-corrected chi connectivity index (χ0v) is 17.7. The summed E-state index contributed by atoms with van der Waals surface area (Å²) in [6.45, 7) is 0.700. The number of nitrogens with one attached hydrogen (secondary N) is 1. The molecule has 0 fully saturated rings. The molecule has 2 heterocycles. The highest BCUT2D eigenvalue weighted by Crippen LogP contribution is 2.34. The molecule has 0 aliphatic carbocycles. The number of amides is 2. The van der Waals surface area contributed by atoms with E-state index in [2.05, 4.69) is 16.3 Å². The standard InChI is InChI=1S/C23H24N4O2S/c1-26(13-7-10-18-14-19(25-24-18)17-8-3-2-4-9-17)22(28)15-27-20-11-5-6-12-21(20)30-16-23(27)29/h2-6,8-9,11-12,14H,7,10,13,15-16H2,1H3,(H,24,25). The van der Waals surface area contributed by atoms with Crippen molar-refractivity contribution in [3.8, 4) is 11.3 Å². The molecule has 4 rings (SSSR count). The predicted molar refractivity (Wildman–Crippen MR) is 120 cm³/mol. The Labute approximate surface area is 180 Å². The molecule has 1 aliphatic rings. The number of nitrogens with zero attached hydrogens (tertiary/aromatic N) is 3. The number of carbonyl (C=O) groups excluding carboxylic acids is 2. The fourth-order valence-corrected chi connectivity index (χ4v) is 4.40. The number of para-hydroxylation sites is 1. The summed E-state index contributed by atoms with van der Waals surface area (Å²) in [6.07, 6.45) is 1.62. The molecule has 6 nitrogen and oxygen atoms in total. The molecule has 1 N–H and O–H groups in total. The second-order valence-electron chi connectivity index (χ2n) is 7.30. The Morgan fingerprint density at radius 3 is 2.77 bits per heavy atom. The summed E-state index contributed by atoms with van der Waals surface area (Å²) in [6, 6.07) is 19.8. The number of hydrogen-bond acceptors (Lipinski definition) is 4. The van der Waals surface area contributed by atoms with Gasteiger partial charge in [0.2, 0.25) is 11.8 Å². The summed E-state index contributed by atoms with van der Waals surface area (Å²) in [5, 5.41) is 7.46. The van der Waals surface area contributed by atoms with E-state index >= 15 is 0 Å². The summed E-state index contributed by atoms with van der Waals surface area (Å²) in [4.78, 5) is 29.4. The van der Waals surface area contributed by atoms with Crippen molar-refractivity contribution < 1.29 is 9.59 Å². The highest BCUT2D eigenvalue weighted by molar-refractivity contribution is 8.00. The lowest BCUT2D eigenvalue weighted by atomic mass is 10.1. The van der Waals surface area contributed by atoms with Crippen LogP contribution in [0.2, 0.25) is 0 Å². The summed E-state index contributed by atoms with van der Waals surface area (Å²) >= 11 is 1.52. The van der Waals surface area contributed by atoms with Crippen molar-refractivity contribution in [3.63, 3.8) is 0 Å². The molecule has 1 aliphatic heterocycles. The molecule has 154 valence electrons. The van der Waals surface area contributed by atoms with Crippen LogP contribution >= 0.6 is 11.8 Å². The lowest BCUT2D eigenvalue weighted by Gasteiger charge is -2.30. The van der Waals surface area contributed by atoms with E-state index in [-0.39, 0.29) is 18.4 Å². The quantitative estimate of drug-likeness (QED) is 0.634. The van der Waals surface area contributed by atoms with Crippen molar-refractivity contribution in [2.24, 2.45) is 0 Å². The second kappa shape index (κ2) is 9.17. The van der Waals surface area contributed by atoms with Gasteiger partial charge >= 0.3 is 0 Å². The number of aromatic nitrogens is 2. The molecule has 0 radical (unpaired) electrons. The summed E-state index contributed by atoms with van der Waals surface area (Å²) in [7, 11) is 1.79. The van der Waals surface area contributed by atoms with Crippen LogP contribution in [0.1, 0.15) is 12.1 Å². The fourth-order valence-electron chi connectivity index (χ4n) is 3.46. The van der Waals surface area contributed by atoms with Crippen molar-refractivity contribution in [1.29, 1.82) is 0 Å². The van der Waals surface area contributed by atoms with Crippen LogP contribution in [-0.4, -0.2) is 52.8 Å². The van der Waals surface area contributed by atoms with Crippen LogP contribution < -0.4 is 4.90 Å². The smallest absolute Gasteiger partial charge is 0.242 e. The highest BCUT2D eigenvalue weighted by Gasteiger charge is 2.27. The number of hydrogen-bond donors (Lipinski definition) is 1. The average molecular weight is 421 g/mol. The molecule has 7 heteroatoms. The van der Waals surface area contributed by atoms with Crippen LogP contribution in [0.4, 0.5) is 5.69 Å². The number of fused-ring (bicyclic) bond motifs is 1. The number of aromatic amines is 1. The third-order valence-corrected chi connectivity index (χ3v) is 6.21. The summed E-state index contributed by atoms with van der Waals surface area (Å²) < 4.78 is 0. The first-order valence-corrected chi connectivity index (χ1v) is 11.0. The Hall–Kier alpha value is -3.06. The number of anilines is 1. The van der Waals surface area contributed by atoms with Gasteiger partial charge in [-0.3, -0.25) is 14.7 Å². The van der Waals surface area contributed by atoms with Crippen LogP contribution in [-0.2, 0) is 16.0 Å². The maximum atomic E-state index is 12.7. The first kappa shape index (κ1) is 20.2. The van der Waals surface area contributed by atoms with Crippen LogP contribution in [0, 0.1) is 0 Å². The van der Waals surface area contributed by atoms with Gasteiger partial charge in [-0.1, -0.05) is 42.5 Å². The zero-order valence-electron chi connectivity index (χ0n) is 16.9. The van der Waals surface area contributed by atoms with Gasteiger partial charge < -0.3 is 9.80 Å². The van der Waals surface area contributed by atoms with Gasteiger partial charge in [-0.05, 0) is 31.0 Å². The number of carbonyl (C=O) groups is 2. The monoisotopic (exact) mass is 420 g/mol. The lowest BCUT2D eigenvalue weighted by molar-refractivity contribution is -0.130. The molecule has 0 saturated heterocycles. The summed E-state index contributed by atoms with van der Waals surface area (Å²) in [5.41, 5.74) is 3.88. The van der Waals surface area contributed by atoms with E-state index in [0.717, 1.165) is 40.4 Å². The fraction of sp³-hybridized carbons (Fsp3) is 0.261. The first-order valence-electron chi connectivity index (χ1n) is 9.97. The van der Waals surface area contributed by atoms with Gasteiger partial charge in [0.1, 0.15) is 6.54 Å². The second-order valence-corrected chi connectivity index (χ2v) is 8.32. The molecular formula is C23H24N4O2S. The lowest BCUT2D eigenvalue weighted by Crippen LogP contribution is -2.44. The van der Waals surface area contributed by atoms with Crippen molar-refractivity contribution in [3.05, 3.63) is 66.4 Å². The average Bonchev–Trinajstić information content (AvgIpc) is 3.25. The van der Waals surface area contributed by atoms with Gasteiger partial charge in [0.15, 0.2) is 0 Å². The molecule has 2 aromatic carbocycles. The van der Waals surface area contributed by atoms with E-state index in [0.29, 0.717) is 12.3 Å². The third-order valence-electron chi connectivity index (χ3n) is 5.17. The van der Waals surface area contributed by atoms with E-state index in [1.165, 1.54) is 11.8 Å². The highest BCUT2D eigenvalue weighted by atomic mass is 32.2.